The van der Waals surface area contributed by atoms with Gasteiger partial charge in [-0.25, -0.2) is 4.39 Å². The fraction of sp³-hybridized carbons (Fsp3) is 0.364. The van der Waals surface area contributed by atoms with Crippen molar-refractivity contribution in [3.8, 4) is 17.1 Å². The molecule has 0 unspecified atom stereocenters. The van der Waals surface area contributed by atoms with Gasteiger partial charge in [0.1, 0.15) is 18.2 Å². The Labute approximate surface area is 174 Å². The van der Waals surface area contributed by atoms with Crippen molar-refractivity contribution in [2.45, 2.75) is 37.4 Å². The lowest BCUT2D eigenvalue weighted by Gasteiger charge is -2.19. The zero-order valence-electron chi connectivity index (χ0n) is 17.1. The summed E-state index contributed by atoms with van der Waals surface area (Å²) in [6.45, 7) is 6.66. The minimum absolute atomic E-state index is 0.0896. The first-order valence-electron chi connectivity index (χ1n) is 9.44. The average Bonchev–Trinajstić information content (AvgIpc) is 3.05. The predicted octanol–water partition coefficient (Wildman–Crippen LogP) is 4.45. The smallest absolute Gasteiger partial charge is 0.191 e. The summed E-state index contributed by atoms with van der Waals surface area (Å²) in [5.74, 6) is 1.23. The van der Waals surface area contributed by atoms with E-state index in [0.29, 0.717) is 22.3 Å². The van der Waals surface area contributed by atoms with Crippen molar-refractivity contribution >= 4 is 11.8 Å². The van der Waals surface area contributed by atoms with Gasteiger partial charge in [-0.05, 0) is 35.2 Å². The number of hydrogen-bond acceptors (Lipinski definition) is 5. The Kier molecular flexibility index (Phi) is 6.59. The largest absolute Gasteiger partial charge is 0.491 e. The fourth-order valence-electron chi connectivity index (χ4n) is 2.78. The Hall–Kier alpha value is -2.38. The van der Waals surface area contributed by atoms with Crippen LogP contribution < -0.4 is 4.74 Å². The Balaban J connectivity index is 1.54. The third-order valence-corrected chi connectivity index (χ3v) is 5.68. The van der Waals surface area contributed by atoms with E-state index >= 15 is 0 Å². The van der Waals surface area contributed by atoms with E-state index in [1.54, 1.807) is 29.8 Å². The molecule has 0 saturated carbocycles. The van der Waals surface area contributed by atoms with E-state index < -0.39 is 6.10 Å². The number of rotatable bonds is 7. The molecule has 0 saturated heterocycles. The van der Waals surface area contributed by atoms with Crippen LogP contribution in [0.1, 0.15) is 26.3 Å². The van der Waals surface area contributed by atoms with Crippen LogP contribution in [0.5, 0.6) is 5.75 Å². The molecule has 0 aliphatic heterocycles. The van der Waals surface area contributed by atoms with E-state index in [0.717, 1.165) is 5.75 Å². The molecule has 3 rings (SSSR count). The molecule has 1 heterocycles. The summed E-state index contributed by atoms with van der Waals surface area (Å²) in [7, 11) is 1.78. The second kappa shape index (κ2) is 8.97. The van der Waals surface area contributed by atoms with Crippen molar-refractivity contribution in [1.82, 2.24) is 14.8 Å². The zero-order chi connectivity index (χ0) is 21.0. The highest BCUT2D eigenvalue weighted by Crippen LogP contribution is 2.26. The van der Waals surface area contributed by atoms with Gasteiger partial charge in [-0.1, -0.05) is 56.8 Å². The summed E-state index contributed by atoms with van der Waals surface area (Å²) in [5, 5.41) is 19.1. The lowest BCUT2D eigenvalue weighted by Crippen LogP contribution is -2.20. The maximum Gasteiger partial charge on any atom is 0.191 e. The maximum absolute atomic E-state index is 14.0. The van der Waals surface area contributed by atoms with Crippen molar-refractivity contribution in [2.24, 2.45) is 7.05 Å². The normalized spacial score (nSPS) is 12.8. The molecular formula is C22H26FN3O2S. The van der Waals surface area contributed by atoms with Crippen molar-refractivity contribution in [1.29, 1.82) is 0 Å². The van der Waals surface area contributed by atoms with Crippen LogP contribution >= 0.6 is 11.8 Å². The van der Waals surface area contributed by atoms with Crippen LogP contribution in [0.2, 0.25) is 0 Å². The number of aliphatic hydroxyl groups is 1. The molecule has 0 bridgehead atoms. The summed E-state index contributed by atoms with van der Waals surface area (Å²) < 4.78 is 21.4. The molecule has 29 heavy (non-hydrogen) atoms. The lowest BCUT2D eigenvalue weighted by molar-refractivity contribution is 0.126. The van der Waals surface area contributed by atoms with E-state index in [-0.39, 0.29) is 17.8 Å². The minimum Gasteiger partial charge on any atom is -0.491 e. The van der Waals surface area contributed by atoms with E-state index in [1.807, 2.05) is 24.3 Å². The summed E-state index contributed by atoms with van der Waals surface area (Å²) in [6.07, 6.45) is -0.670. The van der Waals surface area contributed by atoms with Crippen molar-refractivity contribution in [2.75, 3.05) is 12.4 Å². The number of hydrogen-bond donors (Lipinski definition) is 1. The van der Waals surface area contributed by atoms with Crippen LogP contribution in [-0.4, -0.2) is 38.3 Å². The Morgan fingerprint density at radius 1 is 1.10 bits per heavy atom. The molecule has 7 heteroatoms. The van der Waals surface area contributed by atoms with Gasteiger partial charge in [-0.15, -0.1) is 10.2 Å². The van der Waals surface area contributed by atoms with Gasteiger partial charge < -0.3 is 14.4 Å². The van der Waals surface area contributed by atoms with Gasteiger partial charge in [0, 0.05) is 12.8 Å². The molecule has 1 atom stereocenters. The van der Waals surface area contributed by atoms with Gasteiger partial charge >= 0.3 is 0 Å². The highest BCUT2D eigenvalue weighted by atomic mass is 32.2. The molecule has 0 aliphatic carbocycles. The van der Waals surface area contributed by atoms with Gasteiger partial charge in [0.2, 0.25) is 0 Å². The van der Waals surface area contributed by atoms with Gasteiger partial charge in [0.25, 0.3) is 0 Å². The summed E-state index contributed by atoms with van der Waals surface area (Å²) >= 11 is 1.35. The molecule has 1 aromatic heterocycles. The molecule has 0 amide bonds. The Bertz CT molecular complexity index is 951. The first-order chi connectivity index (χ1) is 13.8. The molecule has 0 aliphatic rings. The van der Waals surface area contributed by atoms with Gasteiger partial charge in [-0.3, -0.25) is 0 Å². The second-order valence-electron chi connectivity index (χ2n) is 7.90. The van der Waals surface area contributed by atoms with Crippen molar-refractivity contribution < 1.29 is 14.2 Å². The molecule has 3 aromatic rings. The number of nitrogens with zero attached hydrogens (tertiary/aromatic N) is 3. The quantitative estimate of drug-likeness (QED) is 0.578. The van der Waals surface area contributed by atoms with Crippen molar-refractivity contribution in [3.05, 3.63) is 59.9 Å². The van der Waals surface area contributed by atoms with Crippen molar-refractivity contribution in [3.63, 3.8) is 0 Å². The maximum atomic E-state index is 14.0. The first-order valence-corrected chi connectivity index (χ1v) is 10.4. The molecule has 0 fully saturated rings. The second-order valence-corrected chi connectivity index (χ2v) is 8.88. The molecule has 0 radical (unpaired) electrons. The highest BCUT2D eigenvalue weighted by molar-refractivity contribution is 7.99. The third-order valence-electron chi connectivity index (χ3n) is 4.52. The molecule has 0 spiro atoms. The highest BCUT2D eigenvalue weighted by Gasteiger charge is 2.16. The number of benzene rings is 2. The number of ether oxygens (including phenoxy) is 1. The van der Waals surface area contributed by atoms with E-state index in [1.165, 1.54) is 23.4 Å². The first kappa shape index (κ1) is 21.3. The van der Waals surface area contributed by atoms with Crippen LogP contribution in [0.25, 0.3) is 11.4 Å². The van der Waals surface area contributed by atoms with Crippen LogP contribution in [0, 0.1) is 5.82 Å². The lowest BCUT2D eigenvalue weighted by atomic mass is 9.87. The summed E-state index contributed by atoms with van der Waals surface area (Å²) in [4.78, 5) is 0. The SMILES string of the molecule is Cn1c(SC[C@@H](O)COc2ccc(C(C)(C)C)cc2)nnc1-c1ccccc1F. The monoisotopic (exact) mass is 415 g/mol. The predicted molar refractivity (Wildman–Crippen MR) is 114 cm³/mol. The summed E-state index contributed by atoms with van der Waals surface area (Å²) in [5.41, 5.74) is 1.72. The van der Waals surface area contributed by atoms with E-state index in [9.17, 15) is 9.50 Å². The molecule has 1 N–H and O–H groups in total. The molecular weight excluding hydrogens is 389 g/mol. The van der Waals surface area contributed by atoms with E-state index in [2.05, 4.69) is 31.0 Å². The van der Waals surface area contributed by atoms with Gasteiger partial charge in [-0.2, -0.15) is 0 Å². The average molecular weight is 416 g/mol. The number of halogens is 1. The topological polar surface area (TPSA) is 60.2 Å². The summed E-state index contributed by atoms with van der Waals surface area (Å²) in [6, 6.07) is 14.4. The zero-order valence-corrected chi connectivity index (χ0v) is 17.9. The fourth-order valence-corrected chi connectivity index (χ4v) is 3.60. The van der Waals surface area contributed by atoms with Crippen LogP contribution in [0.3, 0.4) is 0 Å². The van der Waals surface area contributed by atoms with Crippen LogP contribution in [0.15, 0.2) is 53.7 Å². The number of aliphatic hydroxyl groups excluding tert-OH is 1. The molecule has 5 nitrogen and oxygen atoms in total. The third kappa shape index (κ3) is 5.36. The minimum atomic E-state index is -0.670. The number of aromatic nitrogens is 3. The van der Waals surface area contributed by atoms with Gasteiger partial charge in [0.05, 0.1) is 11.7 Å². The molecule has 2 aromatic carbocycles. The Morgan fingerprint density at radius 2 is 1.79 bits per heavy atom. The van der Waals surface area contributed by atoms with Crippen LogP contribution in [0.4, 0.5) is 4.39 Å². The molecule has 154 valence electrons. The Morgan fingerprint density at radius 3 is 2.45 bits per heavy atom. The standard InChI is InChI=1S/C22H26FN3O2S/c1-22(2,3)15-9-11-17(12-10-15)28-13-16(27)14-29-21-25-24-20(26(21)4)18-7-5-6-8-19(18)23/h5-12,16,27H,13-14H2,1-4H3/t16-/m0/s1. The van der Waals surface area contributed by atoms with E-state index in [4.69, 9.17) is 4.74 Å². The van der Waals surface area contributed by atoms with Crippen LogP contribution in [-0.2, 0) is 12.5 Å². The number of thioether (sulfide) groups is 1. The van der Waals surface area contributed by atoms with Gasteiger partial charge in [0.15, 0.2) is 11.0 Å².